The molecule has 1 fully saturated rings. The summed E-state index contributed by atoms with van der Waals surface area (Å²) in [6.07, 6.45) is 0.905. The summed E-state index contributed by atoms with van der Waals surface area (Å²) in [7, 11) is 3.78. The Morgan fingerprint density at radius 3 is 2.29 bits per heavy atom. The molecule has 0 aromatic rings. The van der Waals surface area contributed by atoms with E-state index in [-0.39, 0.29) is 29.6 Å². The third kappa shape index (κ3) is 3.28. The summed E-state index contributed by atoms with van der Waals surface area (Å²) < 4.78 is 0. The highest BCUT2D eigenvalue weighted by atomic mass is 16.2. The minimum atomic E-state index is -0.284. The zero-order valence-corrected chi connectivity index (χ0v) is 11.6. The standard InChI is InChI=1S/C13H24N2O2/c1-9(2)12(10(3)16)15(5)13(17)11-6-7-14(4)8-11/h9,11-12H,6-8H2,1-5H3. The van der Waals surface area contributed by atoms with Crippen molar-refractivity contribution in [3.8, 4) is 0 Å². The number of hydrogen-bond acceptors (Lipinski definition) is 3. The van der Waals surface area contributed by atoms with Gasteiger partial charge in [0.15, 0.2) is 5.78 Å². The van der Waals surface area contributed by atoms with Gasteiger partial charge in [-0.25, -0.2) is 0 Å². The highest BCUT2D eigenvalue weighted by molar-refractivity contribution is 5.88. The first-order valence-electron chi connectivity index (χ1n) is 6.30. The van der Waals surface area contributed by atoms with Gasteiger partial charge in [-0.15, -0.1) is 0 Å². The summed E-state index contributed by atoms with van der Waals surface area (Å²) >= 11 is 0. The molecule has 1 aliphatic rings. The molecule has 4 heteroatoms. The van der Waals surface area contributed by atoms with Crippen molar-refractivity contribution in [2.75, 3.05) is 27.2 Å². The maximum absolute atomic E-state index is 12.3. The van der Waals surface area contributed by atoms with E-state index in [1.54, 1.807) is 18.9 Å². The van der Waals surface area contributed by atoms with E-state index in [1.165, 1.54) is 0 Å². The maximum atomic E-state index is 12.3. The minimum absolute atomic E-state index is 0.0607. The highest BCUT2D eigenvalue weighted by Crippen LogP contribution is 2.20. The van der Waals surface area contributed by atoms with Gasteiger partial charge in [0.05, 0.1) is 12.0 Å². The number of likely N-dealkylation sites (N-methyl/N-ethyl adjacent to an activating group) is 1. The first kappa shape index (κ1) is 14.2. The molecule has 0 bridgehead atoms. The fourth-order valence-electron chi connectivity index (χ4n) is 2.75. The van der Waals surface area contributed by atoms with Crippen LogP contribution in [0.15, 0.2) is 0 Å². The van der Waals surface area contributed by atoms with E-state index in [0.717, 1.165) is 19.5 Å². The monoisotopic (exact) mass is 240 g/mol. The van der Waals surface area contributed by atoms with E-state index < -0.39 is 0 Å². The van der Waals surface area contributed by atoms with E-state index in [9.17, 15) is 9.59 Å². The van der Waals surface area contributed by atoms with Crippen LogP contribution in [0.25, 0.3) is 0 Å². The Bertz CT molecular complexity index is 302. The van der Waals surface area contributed by atoms with Gasteiger partial charge in [0.1, 0.15) is 0 Å². The Hall–Kier alpha value is -0.900. The lowest BCUT2D eigenvalue weighted by atomic mass is 9.97. The number of hydrogen-bond donors (Lipinski definition) is 0. The highest BCUT2D eigenvalue weighted by Gasteiger charge is 2.33. The molecule has 17 heavy (non-hydrogen) atoms. The van der Waals surface area contributed by atoms with Crippen molar-refractivity contribution in [3.05, 3.63) is 0 Å². The molecule has 2 unspecified atom stereocenters. The molecule has 2 atom stereocenters. The topological polar surface area (TPSA) is 40.6 Å². The Kier molecular flexibility index (Phi) is 4.69. The van der Waals surface area contributed by atoms with Gasteiger partial charge in [-0.05, 0) is 32.9 Å². The molecular formula is C13H24N2O2. The predicted molar refractivity (Wildman–Crippen MR) is 67.7 cm³/mol. The average Bonchev–Trinajstić information content (AvgIpc) is 2.62. The van der Waals surface area contributed by atoms with Crippen LogP contribution in [0.2, 0.25) is 0 Å². The van der Waals surface area contributed by atoms with Crippen molar-refractivity contribution >= 4 is 11.7 Å². The zero-order valence-electron chi connectivity index (χ0n) is 11.6. The average molecular weight is 240 g/mol. The van der Waals surface area contributed by atoms with Crippen molar-refractivity contribution < 1.29 is 9.59 Å². The molecule has 0 aliphatic carbocycles. The minimum Gasteiger partial charge on any atom is -0.335 e. The number of amides is 1. The van der Waals surface area contributed by atoms with Gasteiger partial charge in [0.25, 0.3) is 0 Å². The molecule has 1 rings (SSSR count). The first-order valence-corrected chi connectivity index (χ1v) is 6.30. The van der Waals surface area contributed by atoms with E-state index >= 15 is 0 Å². The summed E-state index contributed by atoms with van der Waals surface area (Å²) in [5.41, 5.74) is 0. The number of carbonyl (C=O) groups is 2. The van der Waals surface area contributed by atoms with E-state index in [0.29, 0.717) is 0 Å². The second kappa shape index (κ2) is 5.63. The predicted octanol–water partition coefficient (Wildman–Crippen LogP) is 1.01. The van der Waals surface area contributed by atoms with Gasteiger partial charge in [-0.2, -0.15) is 0 Å². The molecule has 1 amide bonds. The molecular weight excluding hydrogens is 216 g/mol. The second-order valence-electron chi connectivity index (χ2n) is 5.50. The summed E-state index contributed by atoms with van der Waals surface area (Å²) in [6.45, 7) is 7.31. The molecule has 1 aliphatic heterocycles. The molecule has 0 radical (unpaired) electrons. The van der Waals surface area contributed by atoms with Crippen LogP contribution in [0, 0.1) is 11.8 Å². The smallest absolute Gasteiger partial charge is 0.227 e. The number of carbonyl (C=O) groups excluding carboxylic acids is 2. The molecule has 0 aromatic heterocycles. The largest absolute Gasteiger partial charge is 0.335 e. The summed E-state index contributed by atoms with van der Waals surface area (Å²) in [5.74, 6) is 0.414. The maximum Gasteiger partial charge on any atom is 0.227 e. The van der Waals surface area contributed by atoms with Gasteiger partial charge in [0.2, 0.25) is 5.91 Å². The quantitative estimate of drug-likeness (QED) is 0.736. The van der Waals surface area contributed by atoms with Crippen LogP contribution in [0.5, 0.6) is 0 Å². The molecule has 0 spiro atoms. The van der Waals surface area contributed by atoms with Crippen molar-refractivity contribution in [1.29, 1.82) is 0 Å². The van der Waals surface area contributed by atoms with E-state index in [1.807, 2.05) is 20.9 Å². The van der Waals surface area contributed by atoms with Crippen LogP contribution in [0.4, 0.5) is 0 Å². The number of rotatable bonds is 4. The fraction of sp³-hybridized carbons (Fsp3) is 0.846. The third-order valence-electron chi connectivity index (χ3n) is 3.55. The SMILES string of the molecule is CC(=O)C(C(C)C)N(C)C(=O)C1CCN(C)C1. The first-order chi connectivity index (χ1) is 7.84. The summed E-state index contributed by atoms with van der Waals surface area (Å²) in [6, 6.07) is -0.284. The van der Waals surface area contributed by atoms with Crippen LogP contribution in [0.3, 0.4) is 0 Å². The molecule has 1 heterocycles. The number of Topliss-reactive ketones (excluding diaryl/α,β-unsaturated/α-hetero) is 1. The molecule has 1 saturated heterocycles. The fourth-order valence-corrected chi connectivity index (χ4v) is 2.75. The van der Waals surface area contributed by atoms with Gasteiger partial charge in [-0.3, -0.25) is 9.59 Å². The third-order valence-corrected chi connectivity index (χ3v) is 3.55. The van der Waals surface area contributed by atoms with Crippen LogP contribution in [0.1, 0.15) is 27.2 Å². The molecule has 4 nitrogen and oxygen atoms in total. The lowest BCUT2D eigenvalue weighted by Gasteiger charge is -2.31. The molecule has 0 N–H and O–H groups in total. The van der Waals surface area contributed by atoms with Crippen LogP contribution >= 0.6 is 0 Å². The van der Waals surface area contributed by atoms with Crippen LogP contribution in [-0.2, 0) is 9.59 Å². The lowest BCUT2D eigenvalue weighted by molar-refractivity contribution is -0.141. The van der Waals surface area contributed by atoms with Crippen molar-refractivity contribution in [2.24, 2.45) is 11.8 Å². The van der Waals surface area contributed by atoms with Crippen molar-refractivity contribution in [2.45, 2.75) is 33.2 Å². The number of likely N-dealkylation sites (tertiary alicyclic amines) is 1. The van der Waals surface area contributed by atoms with Gasteiger partial charge in [-0.1, -0.05) is 13.8 Å². The van der Waals surface area contributed by atoms with E-state index in [4.69, 9.17) is 0 Å². The molecule has 0 aromatic carbocycles. The molecule has 98 valence electrons. The Labute approximate surface area is 104 Å². The number of nitrogens with zero attached hydrogens (tertiary/aromatic N) is 2. The zero-order chi connectivity index (χ0) is 13.2. The summed E-state index contributed by atoms with van der Waals surface area (Å²) in [5, 5.41) is 0. The molecule has 0 saturated carbocycles. The second-order valence-corrected chi connectivity index (χ2v) is 5.50. The van der Waals surface area contributed by atoms with Gasteiger partial charge < -0.3 is 9.80 Å². The summed E-state index contributed by atoms with van der Waals surface area (Å²) in [4.78, 5) is 27.7. The Morgan fingerprint density at radius 1 is 1.35 bits per heavy atom. The van der Waals surface area contributed by atoms with Gasteiger partial charge >= 0.3 is 0 Å². The van der Waals surface area contributed by atoms with Gasteiger partial charge in [0, 0.05) is 13.6 Å². The van der Waals surface area contributed by atoms with Crippen molar-refractivity contribution in [3.63, 3.8) is 0 Å². The Balaban J connectivity index is 2.70. The van der Waals surface area contributed by atoms with Crippen LogP contribution in [-0.4, -0.2) is 54.7 Å². The van der Waals surface area contributed by atoms with Crippen molar-refractivity contribution in [1.82, 2.24) is 9.80 Å². The Morgan fingerprint density at radius 2 is 1.94 bits per heavy atom. The lowest BCUT2D eigenvalue weighted by Crippen LogP contribution is -2.47. The van der Waals surface area contributed by atoms with Crippen LogP contribution < -0.4 is 0 Å². The van der Waals surface area contributed by atoms with E-state index in [2.05, 4.69) is 4.90 Å². The normalized spacial score (nSPS) is 22.8. The number of ketones is 1.